The zero-order valence-corrected chi connectivity index (χ0v) is 13.9. The Bertz CT molecular complexity index is 631. The Hall–Kier alpha value is -0.420. The highest BCUT2D eigenvalue weighted by molar-refractivity contribution is 9.10. The minimum Gasteiger partial charge on any atom is -0.384 e. The molecule has 100 valence electrons. The highest BCUT2D eigenvalue weighted by Crippen LogP contribution is 2.35. The van der Waals surface area contributed by atoms with Gasteiger partial charge in [-0.2, -0.15) is 0 Å². The fourth-order valence-electron chi connectivity index (χ4n) is 1.77. The van der Waals surface area contributed by atoms with Crippen LogP contribution in [-0.2, 0) is 0 Å². The Morgan fingerprint density at radius 2 is 1.74 bits per heavy atom. The zero-order valence-electron chi connectivity index (χ0n) is 9.92. The summed E-state index contributed by atoms with van der Waals surface area (Å²) in [7, 11) is 0. The van der Waals surface area contributed by atoms with E-state index in [-0.39, 0.29) is 10.6 Å². The molecular formula is C14H10Br2ClFO. The Balaban J connectivity index is 2.50. The molecule has 0 bridgehead atoms. The van der Waals surface area contributed by atoms with Crippen LogP contribution in [0.2, 0.25) is 5.02 Å². The molecule has 0 heterocycles. The van der Waals surface area contributed by atoms with Gasteiger partial charge in [0.05, 0.1) is 5.02 Å². The van der Waals surface area contributed by atoms with Crippen molar-refractivity contribution in [2.45, 2.75) is 13.0 Å². The lowest BCUT2D eigenvalue weighted by Crippen LogP contribution is -2.04. The van der Waals surface area contributed by atoms with Gasteiger partial charge in [-0.1, -0.05) is 45.7 Å². The summed E-state index contributed by atoms with van der Waals surface area (Å²) in [5.41, 5.74) is 1.80. The third-order valence-electron chi connectivity index (χ3n) is 2.81. The molecule has 0 spiro atoms. The number of aryl methyl sites for hydroxylation is 1. The molecule has 1 N–H and O–H groups in total. The van der Waals surface area contributed by atoms with Gasteiger partial charge in [-0.15, -0.1) is 0 Å². The first kappa shape index (κ1) is 15.0. The molecule has 19 heavy (non-hydrogen) atoms. The van der Waals surface area contributed by atoms with Crippen LogP contribution in [0.3, 0.4) is 0 Å². The van der Waals surface area contributed by atoms with Gasteiger partial charge >= 0.3 is 0 Å². The van der Waals surface area contributed by atoms with Crippen molar-refractivity contribution < 1.29 is 9.50 Å². The summed E-state index contributed by atoms with van der Waals surface area (Å²) >= 11 is 12.4. The van der Waals surface area contributed by atoms with Crippen molar-refractivity contribution in [2.75, 3.05) is 0 Å². The Kier molecular flexibility index (Phi) is 4.66. The number of aliphatic hydroxyl groups is 1. The molecule has 0 aliphatic rings. The maximum atomic E-state index is 14.1. The quantitative estimate of drug-likeness (QED) is 0.660. The number of hydrogen-bond donors (Lipinski definition) is 1. The molecule has 0 fully saturated rings. The van der Waals surface area contributed by atoms with Gasteiger partial charge in [0.15, 0.2) is 0 Å². The minimum absolute atomic E-state index is 0.0280. The van der Waals surface area contributed by atoms with E-state index < -0.39 is 11.9 Å². The van der Waals surface area contributed by atoms with Crippen LogP contribution in [0.5, 0.6) is 0 Å². The first-order valence-electron chi connectivity index (χ1n) is 5.49. The second-order valence-electron chi connectivity index (χ2n) is 4.19. The first-order chi connectivity index (χ1) is 8.91. The van der Waals surface area contributed by atoms with E-state index in [1.807, 2.05) is 19.1 Å². The third kappa shape index (κ3) is 3.02. The van der Waals surface area contributed by atoms with Gasteiger partial charge in [-0.3, -0.25) is 0 Å². The number of hydrogen-bond acceptors (Lipinski definition) is 1. The molecule has 0 saturated heterocycles. The summed E-state index contributed by atoms with van der Waals surface area (Å²) in [6.45, 7) is 1.94. The number of halogens is 4. The van der Waals surface area contributed by atoms with Gasteiger partial charge in [0.1, 0.15) is 11.9 Å². The van der Waals surface area contributed by atoms with E-state index in [9.17, 15) is 9.50 Å². The molecule has 1 nitrogen and oxygen atoms in total. The molecule has 0 aromatic heterocycles. The van der Waals surface area contributed by atoms with Crippen LogP contribution in [0, 0.1) is 12.7 Å². The van der Waals surface area contributed by atoms with Crippen molar-refractivity contribution in [3.05, 3.63) is 66.8 Å². The van der Waals surface area contributed by atoms with Crippen molar-refractivity contribution in [3.8, 4) is 0 Å². The maximum absolute atomic E-state index is 14.1. The maximum Gasteiger partial charge on any atom is 0.149 e. The summed E-state index contributed by atoms with van der Waals surface area (Å²) < 4.78 is 15.3. The van der Waals surface area contributed by atoms with E-state index in [0.29, 0.717) is 10.0 Å². The van der Waals surface area contributed by atoms with E-state index in [2.05, 4.69) is 31.9 Å². The SMILES string of the molecule is Cc1ccc(C(O)c2ccc(Br)c(Cl)c2F)c(Br)c1. The molecule has 0 radical (unpaired) electrons. The summed E-state index contributed by atoms with van der Waals surface area (Å²) in [6, 6.07) is 8.63. The van der Waals surface area contributed by atoms with Crippen molar-refractivity contribution in [2.24, 2.45) is 0 Å². The topological polar surface area (TPSA) is 20.2 Å². The van der Waals surface area contributed by atoms with Gasteiger partial charge in [0.25, 0.3) is 0 Å². The van der Waals surface area contributed by atoms with Crippen LogP contribution in [0.25, 0.3) is 0 Å². The molecule has 2 aromatic carbocycles. The van der Waals surface area contributed by atoms with Crippen molar-refractivity contribution in [1.82, 2.24) is 0 Å². The molecule has 1 atom stereocenters. The van der Waals surface area contributed by atoms with Gasteiger partial charge in [0.2, 0.25) is 0 Å². The standard InChI is InChI=1S/C14H10Br2ClFO/c1-7-2-3-8(11(16)6-7)14(19)9-4-5-10(15)12(17)13(9)18/h2-6,14,19H,1H3. The molecule has 2 aromatic rings. The van der Waals surface area contributed by atoms with Crippen LogP contribution < -0.4 is 0 Å². The van der Waals surface area contributed by atoms with Crippen LogP contribution in [-0.4, -0.2) is 5.11 Å². The summed E-state index contributed by atoms with van der Waals surface area (Å²) in [5, 5.41) is 10.3. The number of benzene rings is 2. The summed E-state index contributed by atoms with van der Waals surface area (Å²) in [4.78, 5) is 0. The predicted molar refractivity (Wildman–Crippen MR) is 82.1 cm³/mol. The fraction of sp³-hybridized carbons (Fsp3) is 0.143. The average Bonchev–Trinajstić information content (AvgIpc) is 2.35. The van der Waals surface area contributed by atoms with Crippen LogP contribution in [0.15, 0.2) is 39.3 Å². The monoisotopic (exact) mass is 406 g/mol. The number of aliphatic hydroxyl groups excluding tert-OH is 1. The molecule has 1 unspecified atom stereocenters. The highest BCUT2D eigenvalue weighted by atomic mass is 79.9. The predicted octanol–water partition coefficient (Wildman–Crippen LogP) is 5.39. The van der Waals surface area contributed by atoms with Crippen molar-refractivity contribution in [3.63, 3.8) is 0 Å². The van der Waals surface area contributed by atoms with E-state index in [1.54, 1.807) is 12.1 Å². The van der Waals surface area contributed by atoms with Crippen LogP contribution >= 0.6 is 43.5 Å². The average molecular weight is 408 g/mol. The zero-order chi connectivity index (χ0) is 14.2. The summed E-state index contributed by atoms with van der Waals surface area (Å²) in [5.74, 6) is -0.615. The lowest BCUT2D eigenvalue weighted by atomic mass is 10.00. The molecule has 5 heteroatoms. The Morgan fingerprint density at radius 1 is 1.11 bits per heavy atom. The molecule has 0 amide bonds. The molecule has 0 aliphatic carbocycles. The van der Waals surface area contributed by atoms with Crippen molar-refractivity contribution in [1.29, 1.82) is 0 Å². The van der Waals surface area contributed by atoms with Crippen molar-refractivity contribution >= 4 is 43.5 Å². The van der Waals surface area contributed by atoms with E-state index in [4.69, 9.17) is 11.6 Å². The summed E-state index contributed by atoms with van der Waals surface area (Å²) in [6.07, 6.45) is -1.07. The van der Waals surface area contributed by atoms with Crippen LogP contribution in [0.1, 0.15) is 22.8 Å². The van der Waals surface area contributed by atoms with E-state index >= 15 is 0 Å². The first-order valence-corrected chi connectivity index (χ1v) is 7.45. The third-order valence-corrected chi connectivity index (χ3v) is 4.76. The van der Waals surface area contributed by atoms with E-state index in [0.717, 1.165) is 10.0 Å². The fourth-order valence-corrected chi connectivity index (χ4v) is 2.96. The Morgan fingerprint density at radius 3 is 2.37 bits per heavy atom. The van der Waals surface area contributed by atoms with Crippen LogP contribution in [0.4, 0.5) is 4.39 Å². The largest absolute Gasteiger partial charge is 0.384 e. The second-order valence-corrected chi connectivity index (χ2v) is 6.28. The second kappa shape index (κ2) is 5.92. The van der Waals surface area contributed by atoms with Gasteiger partial charge in [-0.05, 0) is 46.1 Å². The Labute approximate surface area is 132 Å². The number of rotatable bonds is 2. The van der Waals surface area contributed by atoms with Gasteiger partial charge < -0.3 is 5.11 Å². The molecular weight excluding hydrogens is 398 g/mol. The smallest absolute Gasteiger partial charge is 0.149 e. The lowest BCUT2D eigenvalue weighted by molar-refractivity contribution is 0.214. The van der Waals surface area contributed by atoms with Gasteiger partial charge in [-0.25, -0.2) is 4.39 Å². The lowest BCUT2D eigenvalue weighted by Gasteiger charge is -2.15. The minimum atomic E-state index is -1.07. The highest BCUT2D eigenvalue weighted by Gasteiger charge is 2.20. The molecule has 0 aliphatic heterocycles. The molecule has 2 rings (SSSR count). The van der Waals surface area contributed by atoms with Gasteiger partial charge in [0, 0.05) is 14.5 Å². The normalized spacial score (nSPS) is 12.5. The molecule has 0 saturated carbocycles. The van der Waals surface area contributed by atoms with E-state index in [1.165, 1.54) is 6.07 Å².